The fourth-order valence-corrected chi connectivity index (χ4v) is 2.69. The summed E-state index contributed by atoms with van der Waals surface area (Å²) in [6.07, 6.45) is 4.46. The van der Waals surface area contributed by atoms with E-state index in [1.165, 1.54) is 0 Å². The summed E-state index contributed by atoms with van der Waals surface area (Å²) in [6.45, 7) is 3.52. The van der Waals surface area contributed by atoms with Crippen LogP contribution in [-0.2, 0) is 13.6 Å². The van der Waals surface area contributed by atoms with Crippen LogP contribution in [0.3, 0.4) is 0 Å². The number of unbranched alkanes of at least 4 members (excludes halogenated alkanes) is 3. The lowest BCUT2D eigenvalue weighted by Crippen LogP contribution is -2.25. The standard InChI is InChI=1S/C11H26NO5P/c1-3-5-7-9-17-18(15,12(10-13)11-14)16-8-6-4-2/h13-14H,3-11H2,1-2H3. The van der Waals surface area contributed by atoms with Gasteiger partial charge in [-0.1, -0.05) is 33.1 Å². The number of rotatable bonds is 12. The molecule has 0 heterocycles. The Morgan fingerprint density at radius 2 is 1.44 bits per heavy atom. The first-order chi connectivity index (χ1) is 8.64. The SMILES string of the molecule is CCCCCOP(=O)(OCCCC)N(CO)CO. The van der Waals surface area contributed by atoms with Gasteiger partial charge in [0.2, 0.25) is 0 Å². The van der Waals surface area contributed by atoms with Gasteiger partial charge in [0, 0.05) is 0 Å². The van der Waals surface area contributed by atoms with Crippen molar-refractivity contribution in [3.8, 4) is 0 Å². The Kier molecular flexibility index (Phi) is 10.9. The molecular formula is C11H26NO5P. The molecule has 0 aromatic carbocycles. The van der Waals surface area contributed by atoms with Crippen molar-refractivity contribution in [2.75, 3.05) is 26.7 Å². The summed E-state index contributed by atoms with van der Waals surface area (Å²) >= 11 is 0. The molecule has 0 spiro atoms. The zero-order chi connectivity index (χ0) is 13.9. The summed E-state index contributed by atoms with van der Waals surface area (Å²) in [5.74, 6) is 0. The molecule has 0 aliphatic rings. The van der Waals surface area contributed by atoms with Crippen LogP contribution in [0.15, 0.2) is 0 Å². The fraction of sp³-hybridized carbons (Fsp3) is 1.00. The normalized spacial score (nSPS) is 14.9. The third-order valence-corrected chi connectivity index (χ3v) is 4.39. The molecule has 0 aliphatic carbocycles. The third-order valence-electron chi connectivity index (χ3n) is 2.43. The Labute approximate surface area is 109 Å². The fourth-order valence-electron chi connectivity index (χ4n) is 1.26. The number of nitrogens with zero attached hydrogens (tertiary/aromatic N) is 1. The molecule has 18 heavy (non-hydrogen) atoms. The molecule has 0 bridgehead atoms. The van der Waals surface area contributed by atoms with Gasteiger partial charge in [0.1, 0.15) is 13.5 Å². The summed E-state index contributed by atoms with van der Waals surface area (Å²) in [4.78, 5) is 0. The highest BCUT2D eigenvalue weighted by molar-refractivity contribution is 7.51. The largest absolute Gasteiger partial charge is 0.411 e. The molecule has 0 saturated carbocycles. The summed E-state index contributed by atoms with van der Waals surface area (Å²) in [5.41, 5.74) is 0. The van der Waals surface area contributed by atoms with Gasteiger partial charge in [-0.15, -0.1) is 0 Å². The lowest BCUT2D eigenvalue weighted by molar-refractivity contribution is 0.0499. The van der Waals surface area contributed by atoms with Crippen molar-refractivity contribution in [2.24, 2.45) is 0 Å². The van der Waals surface area contributed by atoms with Crippen molar-refractivity contribution in [2.45, 2.75) is 46.0 Å². The van der Waals surface area contributed by atoms with E-state index < -0.39 is 21.2 Å². The van der Waals surface area contributed by atoms with E-state index in [4.69, 9.17) is 19.3 Å². The van der Waals surface area contributed by atoms with E-state index in [1.807, 2.05) is 6.92 Å². The zero-order valence-electron chi connectivity index (χ0n) is 11.4. The lowest BCUT2D eigenvalue weighted by atomic mass is 10.3. The second kappa shape index (κ2) is 10.9. The van der Waals surface area contributed by atoms with Crippen molar-refractivity contribution < 1.29 is 23.8 Å². The minimum Gasteiger partial charge on any atom is -0.380 e. The first kappa shape index (κ1) is 18.0. The summed E-state index contributed by atoms with van der Waals surface area (Å²) in [6, 6.07) is 0. The van der Waals surface area contributed by atoms with Gasteiger partial charge < -0.3 is 10.2 Å². The number of aliphatic hydroxyl groups is 2. The van der Waals surface area contributed by atoms with Gasteiger partial charge in [0.05, 0.1) is 13.2 Å². The van der Waals surface area contributed by atoms with Crippen LogP contribution in [-0.4, -0.2) is 41.6 Å². The average molecular weight is 283 g/mol. The van der Waals surface area contributed by atoms with Crippen molar-refractivity contribution >= 4 is 7.75 Å². The molecule has 1 unspecified atom stereocenters. The van der Waals surface area contributed by atoms with Crippen LogP contribution in [0.25, 0.3) is 0 Å². The molecule has 0 aliphatic heterocycles. The van der Waals surface area contributed by atoms with Crippen molar-refractivity contribution in [1.29, 1.82) is 0 Å². The number of hydrogen-bond donors (Lipinski definition) is 2. The third kappa shape index (κ3) is 6.83. The smallest absolute Gasteiger partial charge is 0.380 e. The van der Waals surface area contributed by atoms with E-state index in [0.29, 0.717) is 6.61 Å². The first-order valence-electron chi connectivity index (χ1n) is 6.50. The van der Waals surface area contributed by atoms with E-state index in [0.717, 1.165) is 36.8 Å². The van der Waals surface area contributed by atoms with Gasteiger partial charge in [-0.3, -0.25) is 9.05 Å². The molecule has 110 valence electrons. The maximum atomic E-state index is 12.4. The minimum absolute atomic E-state index is 0.290. The van der Waals surface area contributed by atoms with Crippen LogP contribution in [0.4, 0.5) is 0 Å². The van der Waals surface area contributed by atoms with Crippen molar-refractivity contribution in [3.63, 3.8) is 0 Å². The number of aliphatic hydroxyl groups excluding tert-OH is 2. The van der Waals surface area contributed by atoms with Gasteiger partial charge in [-0.2, -0.15) is 4.67 Å². The van der Waals surface area contributed by atoms with E-state index in [9.17, 15) is 4.57 Å². The van der Waals surface area contributed by atoms with E-state index >= 15 is 0 Å². The molecule has 6 nitrogen and oxygen atoms in total. The van der Waals surface area contributed by atoms with E-state index in [-0.39, 0.29) is 6.61 Å². The van der Waals surface area contributed by atoms with Crippen LogP contribution >= 0.6 is 7.75 Å². The highest BCUT2D eigenvalue weighted by atomic mass is 31.2. The molecule has 0 aromatic rings. The van der Waals surface area contributed by atoms with Crippen LogP contribution < -0.4 is 0 Å². The van der Waals surface area contributed by atoms with Gasteiger partial charge in [-0.25, -0.2) is 4.57 Å². The molecule has 2 N–H and O–H groups in total. The molecule has 7 heteroatoms. The van der Waals surface area contributed by atoms with Gasteiger partial charge >= 0.3 is 7.75 Å². The summed E-state index contributed by atoms with van der Waals surface area (Å²) < 4.78 is 23.8. The minimum atomic E-state index is -3.57. The van der Waals surface area contributed by atoms with Gasteiger partial charge in [-0.05, 0) is 12.8 Å². The maximum Gasteiger partial charge on any atom is 0.411 e. The predicted octanol–water partition coefficient (Wildman–Crippen LogP) is 2.32. The molecule has 0 aromatic heterocycles. The van der Waals surface area contributed by atoms with Crippen LogP contribution in [0.1, 0.15) is 46.0 Å². The molecule has 1 atom stereocenters. The number of hydrogen-bond acceptors (Lipinski definition) is 5. The average Bonchev–Trinajstić information content (AvgIpc) is 2.36. The topological polar surface area (TPSA) is 79.2 Å². The molecule has 0 saturated heterocycles. The highest BCUT2D eigenvalue weighted by Crippen LogP contribution is 2.51. The zero-order valence-corrected chi connectivity index (χ0v) is 12.3. The quantitative estimate of drug-likeness (QED) is 0.325. The predicted molar refractivity (Wildman–Crippen MR) is 70.0 cm³/mol. The summed E-state index contributed by atoms with van der Waals surface area (Å²) in [7, 11) is -3.57. The molecular weight excluding hydrogens is 257 g/mol. The highest BCUT2D eigenvalue weighted by Gasteiger charge is 2.32. The van der Waals surface area contributed by atoms with E-state index in [1.54, 1.807) is 0 Å². The maximum absolute atomic E-state index is 12.4. The van der Waals surface area contributed by atoms with Gasteiger partial charge in [0.25, 0.3) is 0 Å². The van der Waals surface area contributed by atoms with Crippen LogP contribution in [0.2, 0.25) is 0 Å². The summed E-state index contributed by atoms with van der Waals surface area (Å²) in [5, 5.41) is 18.1. The van der Waals surface area contributed by atoms with E-state index in [2.05, 4.69) is 6.92 Å². The molecule has 0 radical (unpaired) electrons. The van der Waals surface area contributed by atoms with Crippen LogP contribution in [0.5, 0.6) is 0 Å². The Morgan fingerprint density at radius 1 is 0.944 bits per heavy atom. The monoisotopic (exact) mass is 283 g/mol. The Hall–Kier alpha value is 0.0300. The van der Waals surface area contributed by atoms with Crippen LogP contribution in [0, 0.1) is 0 Å². The van der Waals surface area contributed by atoms with Gasteiger partial charge in [0.15, 0.2) is 0 Å². The lowest BCUT2D eigenvalue weighted by Gasteiger charge is -2.26. The van der Waals surface area contributed by atoms with Crippen molar-refractivity contribution in [1.82, 2.24) is 4.67 Å². The molecule has 0 rings (SSSR count). The Balaban J connectivity index is 4.34. The molecule has 0 amide bonds. The first-order valence-corrected chi connectivity index (χ1v) is 8.00. The second-order valence-corrected chi connectivity index (χ2v) is 6.00. The second-order valence-electron chi connectivity index (χ2n) is 3.98. The Bertz CT molecular complexity index is 235. The molecule has 0 fully saturated rings. The Morgan fingerprint density at radius 3 is 1.89 bits per heavy atom. The van der Waals surface area contributed by atoms with Crippen molar-refractivity contribution in [3.05, 3.63) is 0 Å².